The normalized spacial score (nSPS) is 32.2. The molecule has 1 aliphatic carbocycles. The molecule has 0 aliphatic heterocycles. The first-order valence-corrected chi connectivity index (χ1v) is 4.37. The molecule has 1 saturated carbocycles. The van der Waals surface area contributed by atoms with E-state index in [-0.39, 0.29) is 5.41 Å². The molecule has 12 heavy (non-hydrogen) atoms. The summed E-state index contributed by atoms with van der Waals surface area (Å²) in [6.45, 7) is 6.02. The smallest absolute Gasteiger partial charge is 0.314 e. The van der Waals surface area contributed by atoms with E-state index in [4.69, 9.17) is 5.11 Å². The van der Waals surface area contributed by atoms with Gasteiger partial charge in [-0.25, -0.2) is 0 Å². The molecule has 0 heterocycles. The van der Waals surface area contributed by atoms with E-state index in [0.717, 1.165) is 12.8 Å². The summed E-state index contributed by atoms with van der Waals surface area (Å²) in [6, 6.07) is 0. The lowest BCUT2D eigenvalue weighted by Gasteiger charge is -2.09. The first-order chi connectivity index (χ1) is 5.46. The zero-order chi connectivity index (χ0) is 9.41. The molecule has 0 spiro atoms. The van der Waals surface area contributed by atoms with Crippen molar-refractivity contribution in [3.8, 4) is 0 Å². The van der Waals surface area contributed by atoms with Crippen LogP contribution in [0, 0.1) is 10.8 Å². The van der Waals surface area contributed by atoms with Crippen molar-refractivity contribution in [3.63, 3.8) is 0 Å². The van der Waals surface area contributed by atoms with Crippen LogP contribution in [0.5, 0.6) is 0 Å². The molecule has 1 unspecified atom stereocenters. The van der Waals surface area contributed by atoms with Crippen molar-refractivity contribution in [2.45, 2.75) is 33.6 Å². The minimum atomic E-state index is -0.683. The fraction of sp³-hybridized carbons (Fsp3) is 0.700. The molecule has 1 aliphatic rings. The summed E-state index contributed by atoms with van der Waals surface area (Å²) in [7, 11) is 0. The van der Waals surface area contributed by atoms with E-state index < -0.39 is 11.4 Å². The van der Waals surface area contributed by atoms with Gasteiger partial charge in [-0.15, -0.1) is 0 Å². The number of carboxylic acids is 1. The van der Waals surface area contributed by atoms with Crippen LogP contribution >= 0.6 is 0 Å². The van der Waals surface area contributed by atoms with E-state index in [9.17, 15) is 4.79 Å². The van der Waals surface area contributed by atoms with Gasteiger partial charge in [0.1, 0.15) is 0 Å². The molecule has 1 atom stereocenters. The lowest BCUT2D eigenvalue weighted by molar-refractivity contribution is -0.142. The van der Waals surface area contributed by atoms with E-state index in [0.29, 0.717) is 0 Å². The predicted molar refractivity (Wildman–Crippen MR) is 47.9 cm³/mol. The largest absolute Gasteiger partial charge is 0.481 e. The van der Waals surface area contributed by atoms with Crippen LogP contribution < -0.4 is 0 Å². The maximum atomic E-state index is 11.0. The van der Waals surface area contributed by atoms with Crippen molar-refractivity contribution < 1.29 is 9.90 Å². The number of carbonyl (C=O) groups is 1. The molecule has 0 saturated heterocycles. The van der Waals surface area contributed by atoms with Crippen LogP contribution in [0.2, 0.25) is 0 Å². The van der Waals surface area contributed by atoms with Crippen molar-refractivity contribution in [1.29, 1.82) is 0 Å². The standard InChI is InChI=1S/C10H16O2/c1-4-5-6-10(8(11)12)7-9(10,2)3/h5-6H,4,7H2,1-3H3,(H,11,12)/b6-5+. The molecule has 2 nitrogen and oxygen atoms in total. The van der Waals surface area contributed by atoms with Gasteiger partial charge in [-0.3, -0.25) is 4.79 Å². The monoisotopic (exact) mass is 168 g/mol. The zero-order valence-electron chi connectivity index (χ0n) is 7.92. The van der Waals surface area contributed by atoms with Gasteiger partial charge < -0.3 is 5.11 Å². The van der Waals surface area contributed by atoms with Crippen LogP contribution in [0.25, 0.3) is 0 Å². The lowest BCUT2D eigenvalue weighted by atomic mass is 9.95. The van der Waals surface area contributed by atoms with Crippen LogP contribution in [0.4, 0.5) is 0 Å². The molecular formula is C10H16O2. The molecule has 1 N–H and O–H groups in total. The average molecular weight is 168 g/mol. The van der Waals surface area contributed by atoms with Gasteiger partial charge in [0, 0.05) is 0 Å². The second kappa shape index (κ2) is 2.61. The van der Waals surface area contributed by atoms with Gasteiger partial charge in [0.05, 0.1) is 5.41 Å². The summed E-state index contributed by atoms with van der Waals surface area (Å²) < 4.78 is 0. The van der Waals surface area contributed by atoms with E-state index in [1.165, 1.54) is 0 Å². The molecule has 68 valence electrons. The van der Waals surface area contributed by atoms with Crippen LogP contribution in [-0.4, -0.2) is 11.1 Å². The number of aliphatic carboxylic acids is 1. The van der Waals surface area contributed by atoms with Crippen molar-refractivity contribution >= 4 is 5.97 Å². The minimum absolute atomic E-state index is 0.0511. The number of rotatable bonds is 3. The Hall–Kier alpha value is -0.790. The molecule has 0 aromatic heterocycles. The van der Waals surface area contributed by atoms with E-state index >= 15 is 0 Å². The third-order valence-corrected chi connectivity index (χ3v) is 2.82. The Bertz CT molecular complexity index is 228. The molecule has 0 aromatic carbocycles. The Morgan fingerprint density at radius 1 is 1.58 bits per heavy atom. The van der Waals surface area contributed by atoms with Crippen LogP contribution in [0.3, 0.4) is 0 Å². The summed E-state index contributed by atoms with van der Waals surface area (Å²) in [4.78, 5) is 11.0. The Balaban J connectivity index is 2.80. The van der Waals surface area contributed by atoms with E-state index in [1.807, 2.05) is 32.9 Å². The van der Waals surface area contributed by atoms with Gasteiger partial charge in [0.25, 0.3) is 0 Å². The Morgan fingerprint density at radius 2 is 2.08 bits per heavy atom. The highest BCUT2D eigenvalue weighted by atomic mass is 16.4. The molecule has 2 heteroatoms. The number of hydrogen-bond acceptors (Lipinski definition) is 1. The van der Waals surface area contributed by atoms with Crippen LogP contribution in [0.1, 0.15) is 33.6 Å². The maximum Gasteiger partial charge on any atom is 0.314 e. The summed E-state index contributed by atoms with van der Waals surface area (Å²) >= 11 is 0. The summed E-state index contributed by atoms with van der Waals surface area (Å²) in [6.07, 6.45) is 5.48. The predicted octanol–water partition coefficient (Wildman–Crippen LogP) is 2.45. The van der Waals surface area contributed by atoms with Crippen LogP contribution in [0.15, 0.2) is 12.2 Å². The van der Waals surface area contributed by atoms with Gasteiger partial charge in [0.15, 0.2) is 0 Å². The molecule has 1 rings (SSSR count). The van der Waals surface area contributed by atoms with Gasteiger partial charge in [0.2, 0.25) is 0 Å². The zero-order valence-corrected chi connectivity index (χ0v) is 7.92. The molecule has 0 amide bonds. The van der Waals surface area contributed by atoms with Crippen molar-refractivity contribution in [2.24, 2.45) is 10.8 Å². The quantitative estimate of drug-likeness (QED) is 0.657. The number of carboxylic acid groups (broad SMARTS) is 1. The van der Waals surface area contributed by atoms with Gasteiger partial charge in [-0.05, 0) is 18.3 Å². The van der Waals surface area contributed by atoms with Crippen molar-refractivity contribution in [1.82, 2.24) is 0 Å². The summed E-state index contributed by atoms with van der Waals surface area (Å²) in [5.74, 6) is -0.683. The van der Waals surface area contributed by atoms with Crippen molar-refractivity contribution in [2.75, 3.05) is 0 Å². The molecular weight excluding hydrogens is 152 g/mol. The fourth-order valence-electron chi connectivity index (χ4n) is 1.69. The first kappa shape index (κ1) is 9.30. The fourth-order valence-corrected chi connectivity index (χ4v) is 1.69. The molecule has 0 aromatic rings. The Kier molecular flexibility index (Phi) is 2.02. The summed E-state index contributed by atoms with van der Waals surface area (Å²) in [5.41, 5.74) is -0.618. The Labute approximate surface area is 73.3 Å². The topological polar surface area (TPSA) is 37.3 Å². The first-order valence-electron chi connectivity index (χ1n) is 4.37. The lowest BCUT2D eigenvalue weighted by Crippen LogP contribution is -2.18. The number of hydrogen-bond donors (Lipinski definition) is 1. The van der Waals surface area contributed by atoms with Gasteiger partial charge in [-0.1, -0.05) is 32.9 Å². The SMILES string of the molecule is CC/C=C/C1(C(=O)O)CC1(C)C. The molecule has 0 bridgehead atoms. The highest BCUT2D eigenvalue weighted by molar-refractivity contribution is 5.82. The molecule has 1 fully saturated rings. The van der Waals surface area contributed by atoms with Crippen molar-refractivity contribution in [3.05, 3.63) is 12.2 Å². The molecule has 0 radical (unpaired) electrons. The second-order valence-corrected chi connectivity index (χ2v) is 4.15. The average Bonchev–Trinajstić information content (AvgIpc) is 2.51. The van der Waals surface area contributed by atoms with Crippen LogP contribution in [-0.2, 0) is 4.79 Å². The van der Waals surface area contributed by atoms with E-state index in [2.05, 4.69) is 0 Å². The second-order valence-electron chi connectivity index (χ2n) is 4.15. The Morgan fingerprint density at radius 3 is 2.33 bits per heavy atom. The third kappa shape index (κ3) is 1.15. The van der Waals surface area contributed by atoms with E-state index in [1.54, 1.807) is 0 Å². The number of allylic oxidation sites excluding steroid dienone is 1. The minimum Gasteiger partial charge on any atom is -0.481 e. The summed E-state index contributed by atoms with van der Waals surface area (Å²) in [5, 5.41) is 9.01. The van der Waals surface area contributed by atoms with Gasteiger partial charge in [-0.2, -0.15) is 0 Å². The maximum absolute atomic E-state index is 11.0. The third-order valence-electron chi connectivity index (χ3n) is 2.82. The highest BCUT2D eigenvalue weighted by Gasteiger charge is 2.64. The van der Waals surface area contributed by atoms with Gasteiger partial charge >= 0.3 is 5.97 Å². The highest BCUT2D eigenvalue weighted by Crippen LogP contribution is 2.64.